The van der Waals surface area contributed by atoms with Crippen molar-refractivity contribution in [2.75, 3.05) is 13.2 Å². The van der Waals surface area contributed by atoms with E-state index in [-0.39, 0.29) is 5.60 Å². The predicted octanol–water partition coefficient (Wildman–Crippen LogP) is 5.05. The van der Waals surface area contributed by atoms with Crippen LogP contribution in [0.2, 0.25) is 0 Å². The van der Waals surface area contributed by atoms with Gasteiger partial charge in [-0.3, -0.25) is 0 Å². The molecule has 1 fully saturated rings. The van der Waals surface area contributed by atoms with Gasteiger partial charge in [0, 0.05) is 0 Å². The first kappa shape index (κ1) is 16.4. The molecule has 0 N–H and O–H groups in total. The Balaban J connectivity index is 2.37. The van der Waals surface area contributed by atoms with Gasteiger partial charge in [-0.05, 0) is 41.9 Å². The van der Waals surface area contributed by atoms with Crippen LogP contribution in [-0.2, 0) is 11.2 Å². The van der Waals surface area contributed by atoms with Gasteiger partial charge in [0.25, 0.3) is 0 Å². The Kier molecular flexibility index (Phi) is 4.98. The van der Waals surface area contributed by atoms with Crippen molar-refractivity contribution in [3.8, 4) is 5.75 Å². The van der Waals surface area contributed by atoms with Crippen LogP contribution in [0, 0.1) is 0 Å². The third kappa shape index (κ3) is 4.00. The zero-order valence-corrected chi connectivity index (χ0v) is 14.5. The minimum atomic E-state index is -0.0649. The maximum absolute atomic E-state index is 6.23. The van der Waals surface area contributed by atoms with Crippen molar-refractivity contribution < 1.29 is 9.47 Å². The lowest BCUT2D eigenvalue weighted by atomic mass is 9.90. The highest BCUT2D eigenvalue weighted by atomic mass is 16.6. The van der Waals surface area contributed by atoms with E-state index < -0.39 is 0 Å². The molecular formula is C19H30O2. The fourth-order valence-electron chi connectivity index (χ4n) is 2.63. The molecule has 118 valence electrons. The summed E-state index contributed by atoms with van der Waals surface area (Å²) in [5, 5.41) is 0. The monoisotopic (exact) mass is 290 g/mol. The summed E-state index contributed by atoms with van der Waals surface area (Å²) in [5.41, 5.74) is 4.05. The van der Waals surface area contributed by atoms with E-state index in [1.54, 1.807) is 0 Å². The van der Waals surface area contributed by atoms with Crippen molar-refractivity contribution in [3.05, 3.63) is 28.8 Å². The normalized spacial score (nSPS) is 21.1. The molecule has 0 aromatic heterocycles. The average Bonchev–Trinajstić information content (AvgIpc) is 3.14. The second-order valence-corrected chi connectivity index (χ2v) is 7.19. The quantitative estimate of drug-likeness (QED) is 0.655. The van der Waals surface area contributed by atoms with Crippen molar-refractivity contribution in [1.82, 2.24) is 0 Å². The zero-order valence-electron chi connectivity index (χ0n) is 14.5. The number of ether oxygens (including phenoxy) is 2. The van der Waals surface area contributed by atoms with E-state index in [1.807, 2.05) is 0 Å². The fourth-order valence-corrected chi connectivity index (χ4v) is 2.63. The molecule has 0 radical (unpaired) electrons. The molecule has 1 aliphatic heterocycles. The van der Waals surface area contributed by atoms with Crippen molar-refractivity contribution in [2.24, 2.45) is 0 Å². The molecule has 1 saturated heterocycles. The molecule has 0 amide bonds. The Morgan fingerprint density at radius 2 is 1.67 bits per heavy atom. The highest BCUT2D eigenvalue weighted by Gasteiger charge is 2.40. The van der Waals surface area contributed by atoms with Crippen molar-refractivity contribution in [1.29, 1.82) is 0 Å². The van der Waals surface area contributed by atoms with E-state index in [4.69, 9.17) is 9.47 Å². The van der Waals surface area contributed by atoms with Crippen molar-refractivity contribution in [2.45, 2.75) is 71.8 Å². The summed E-state index contributed by atoms with van der Waals surface area (Å²) in [6.45, 7) is 14.8. The van der Waals surface area contributed by atoms with Crippen LogP contribution in [-0.4, -0.2) is 18.8 Å². The molecule has 1 aromatic rings. The highest BCUT2D eigenvalue weighted by molar-refractivity contribution is 5.48. The topological polar surface area (TPSA) is 21.8 Å². The molecule has 21 heavy (non-hydrogen) atoms. The van der Waals surface area contributed by atoms with Gasteiger partial charge in [0.05, 0.1) is 6.61 Å². The number of hydrogen-bond donors (Lipinski definition) is 0. The molecular weight excluding hydrogens is 260 g/mol. The summed E-state index contributed by atoms with van der Waals surface area (Å²) < 4.78 is 11.7. The van der Waals surface area contributed by atoms with Gasteiger partial charge < -0.3 is 9.47 Å². The van der Waals surface area contributed by atoms with Crippen LogP contribution in [0.1, 0.15) is 76.5 Å². The van der Waals surface area contributed by atoms with Crippen LogP contribution in [0.4, 0.5) is 0 Å². The van der Waals surface area contributed by atoms with Crippen LogP contribution in [0.15, 0.2) is 12.1 Å². The smallest absolute Gasteiger partial charge is 0.126 e. The third-order valence-corrected chi connectivity index (χ3v) is 4.15. The zero-order chi connectivity index (χ0) is 15.6. The Bertz CT molecular complexity index is 455. The molecule has 1 aliphatic rings. The highest BCUT2D eigenvalue weighted by Crippen LogP contribution is 2.38. The van der Waals surface area contributed by atoms with Crippen LogP contribution in [0.25, 0.3) is 0 Å². The first-order chi connectivity index (χ1) is 9.86. The van der Waals surface area contributed by atoms with Gasteiger partial charge in [0.1, 0.15) is 18.0 Å². The van der Waals surface area contributed by atoms with E-state index in [0.29, 0.717) is 18.4 Å². The molecule has 1 atom stereocenters. The van der Waals surface area contributed by atoms with E-state index in [0.717, 1.165) is 18.8 Å². The third-order valence-electron chi connectivity index (χ3n) is 4.15. The SMILES string of the molecule is CCCc1cc(C(C)C)c(OCC2(C)CO2)c(C(C)C)c1. The first-order valence-electron chi connectivity index (χ1n) is 8.29. The number of epoxide rings is 1. The summed E-state index contributed by atoms with van der Waals surface area (Å²) in [6, 6.07) is 4.68. The lowest BCUT2D eigenvalue weighted by Crippen LogP contribution is -2.19. The van der Waals surface area contributed by atoms with E-state index >= 15 is 0 Å². The van der Waals surface area contributed by atoms with Crippen LogP contribution in [0.5, 0.6) is 5.75 Å². The average molecular weight is 290 g/mol. The van der Waals surface area contributed by atoms with Gasteiger partial charge >= 0.3 is 0 Å². The van der Waals surface area contributed by atoms with E-state index in [9.17, 15) is 0 Å². The molecule has 0 saturated carbocycles. The largest absolute Gasteiger partial charge is 0.490 e. The Labute approximate surface area is 129 Å². The maximum atomic E-state index is 6.23. The molecule has 1 unspecified atom stereocenters. The van der Waals surface area contributed by atoms with Gasteiger partial charge in [-0.15, -0.1) is 0 Å². The summed E-state index contributed by atoms with van der Waals surface area (Å²) in [5.74, 6) is 2.04. The molecule has 0 bridgehead atoms. The first-order valence-corrected chi connectivity index (χ1v) is 8.29. The van der Waals surface area contributed by atoms with Gasteiger partial charge in [-0.1, -0.05) is 53.2 Å². The second kappa shape index (κ2) is 6.39. The van der Waals surface area contributed by atoms with Gasteiger partial charge in [-0.25, -0.2) is 0 Å². The lowest BCUT2D eigenvalue weighted by Gasteiger charge is -2.22. The van der Waals surface area contributed by atoms with Crippen molar-refractivity contribution >= 4 is 0 Å². The van der Waals surface area contributed by atoms with Crippen LogP contribution >= 0.6 is 0 Å². The second-order valence-electron chi connectivity index (χ2n) is 7.19. The molecule has 2 rings (SSSR count). The molecule has 0 aliphatic carbocycles. The number of hydrogen-bond acceptors (Lipinski definition) is 2. The number of benzene rings is 1. The Morgan fingerprint density at radius 1 is 1.14 bits per heavy atom. The summed E-state index contributed by atoms with van der Waals surface area (Å²) in [4.78, 5) is 0. The summed E-state index contributed by atoms with van der Waals surface area (Å²) in [6.07, 6.45) is 2.32. The standard InChI is InChI=1S/C19H30O2/c1-7-8-15-9-16(13(2)3)18(17(10-15)14(4)5)20-11-19(6)12-21-19/h9-10,13-14H,7-8,11-12H2,1-6H3. The van der Waals surface area contributed by atoms with Gasteiger partial charge in [0.15, 0.2) is 0 Å². The van der Waals surface area contributed by atoms with E-state index in [2.05, 4.69) is 53.7 Å². The molecule has 2 nitrogen and oxygen atoms in total. The van der Waals surface area contributed by atoms with Crippen LogP contribution < -0.4 is 4.74 Å². The van der Waals surface area contributed by atoms with Crippen LogP contribution in [0.3, 0.4) is 0 Å². The Hall–Kier alpha value is -1.02. The minimum Gasteiger partial charge on any atom is -0.490 e. The van der Waals surface area contributed by atoms with Gasteiger partial charge in [0.2, 0.25) is 0 Å². The van der Waals surface area contributed by atoms with Crippen molar-refractivity contribution in [3.63, 3.8) is 0 Å². The van der Waals surface area contributed by atoms with E-state index in [1.165, 1.54) is 23.1 Å². The molecule has 1 heterocycles. The summed E-state index contributed by atoms with van der Waals surface area (Å²) in [7, 11) is 0. The molecule has 2 heteroatoms. The summed E-state index contributed by atoms with van der Waals surface area (Å²) >= 11 is 0. The minimum absolute atomic E-state index is 0.0649. The maximum Gasteiger partial charge on any atom is 0.126 e. The van der Waals surface area contributed by atoms with Gasteiger partial charge in [-0.2, -0.15) is 0 Å². The molecule has 0 spiro atoms. The Morgan fingerprint density at radius 3 is 2.05 bits per heavy atom. The lowest BCUT2D eigenvalue weighted by molar-refractivity contribution is 0.199. The number of aryl methyl sites for hydroxylation is 1. The predicted molar refractivity (Wildman–Crippen MR) is 88.5 cm³/mol. The fraction of sp³-hybridized carbons (Fsp3) is 0.684. The number of rotatable bonds is 7. The molecule has 1 aromatic carbocycles.